The van der Waals surface area contributed by atoms with Gasteiger partial charge >= 0.3 is 5.97 Å². The fraction of sp³-hybridized carbons (Fsp3) is 0.529. The van der Waals surface area contributed by atoms with E-state index in [0.29, 0.717) is 13.1 Å². The molecule has 9 heteroatoms. The topological polar surface area (TPSA) is 96.5 Å². The molecule has 0 radical (unpaired) electrons. The molecule has 0 saturated carbocycles. The highest BCUT2D eigenvalue weighted by molar-refractivity contribution is 6.03. The summed E-state index contributed by atoms with van der Waals surface area (Å²) in [5.41, 5.74) is 2.19. The van der Waals surface area contributed by atoms with Gasteiger partial charge < -0.3 is 10.0 Å². The van der Waals surface area contributed by atoms with E-state index in [-0.39, 0.29) is 17.2 Å². The monoisotopic (exact) mass is 360 g/mol. The van der Waals surface area contributed by atoms with Crippen molar-refractivity contribution < 1.29 is 14.7 Å². The fourth-order valence-electron chi connectivity index (χ4n) is 3.18. The molecule has 2 aromatic rings. The first kappa shape index (κ1) is 18.1. The summed E-state index contributed by atoms with van der Waals surface area (Å²) in [4.78, 5) is 27.9. The first-order chi connectivity index (χ1) is 12.4. The van der Waals surface area contributed by atoms with E-state index in [9.17, 15) is 14.7 Å². The number of nitrogens with zero attached hydrogens (tertiary/aromatic N) is 6. The SMILES string of the molecule is CCn1cc(CN2CCN(C(=O)c3nn(C)cc3C(=O)O)CC2)c(C)n1. The van der Waals surface area contributed by atoms with E-state index in [0.717, 1.165) is 31.9 Å². The van der Waals surface area contributed by atoms with Crippen LogP contribution in [0, 0.1) is 6.92 Å². The van der Waals surface area contributed by atoms with Crippen molar-refractivity contribution in [1.82, 2.24) is 29.4 Å². The molecule has 140 valence electrons. The predicted octanol–water partition coefficient (Wildman–Crippen LogP) is 0.601. The van der Waals surface area contributed by atoms with E-state index < -0.39 is 5.97 Å². The molecule has 1 amide bonds. The van der Waals surface area contributed by atoms with Gasteiger partial charge in [0.25, 0.3) is 5.91 Å². The first-order valence-corrected chi connectivity index (χ1v) is 8.70. The van der Waals surface area contributed by atoms with Crippen LogP contribution in [0.1, 0.15) is 39.0 Å². The summed E-state index contributed by atoms with van der Waals surface area (Å²) in [5.74, 6) is -1.46. The molecule has 3 rings (SSSR count). The molecule has 2 aromatic heterocycles. The largest absolute Gasteiger partial charge is 0.478 e. The number of rotatable bonds is 5. The lowest BCUT2D eigenvalue weighted by molar-refractivity contribution is 0.0603. The Morgan fingerprint density at radius 3 is 2.42 bits per heavy atom. The minimum Gasteiger partial charge on any atom is -0.478 e. The Hall–Kier alpha value is -2.68. The van der Waals surface area contributed by atoms with Gasteiger partial charge in [0, 0.05) is 64.3 Å². The maximum Gasteiger partial charge on any atom is 0.339 e. The van der Waals surface area contributed by atoms with Gasteiger partial charge in [-0.1, -0.05) is 0 Å². The number of amides is 1. The molecule has 9 nitrogen and oxygen atoms in total. The number of aromatic nitrogens is 4. The van der Waals surface area contributed by atoms with Gasteiger partial charge in [-0.15, -0.1) is 0 Å². The third-order valence-electron chi connectivity index (χ3n) is 4.69. The third-order valence-corrected chi connectivity index (χ3v) is 4.69. The Kier molecular flexibility index (Phi) is 5.08. The Labute approximate surface area is 151 Å². The van der Waals surface area contributed by atoms with Gasteiger partial charge in [0.1, 0.15) is 5.56 Å². The highest BCUT2D eigenvalue weighted by Gasteiger charge is 2.28. The van der Waals surface area contributed by atoms with Crippen molar-refractivity contribution >= 4 is 11.9 Å². The molecule has 0 spiro atoms. The molecule has 3 heterocycles. The molecule has 26 heavy (non-hydrogen) atoms. The molecule has 0 aromatic carbocycles. The van der Waals surface area contributed by atoms with Crippen LogP contribution in [0.3, 0.4) is 0 Å². The summed E-state index contributed by atoms with van der Waals surface area (Å²) in [7, 11) is 1.61. The van der Waals surface area contributed by atoms with Crippen molar-refractivity contribution in [3.63, 3.8) is 0 Å². The summed E-state index contributed by atoms with van der Waals surface area (Å²) in [6.07, 6.45) is 3.43. The number of hydrogen-bond acceptors (Lipinski definition) is 5. The average Bonchev–Trinajstić information content (AvgIpc) is 3.18. The van der Waals surface area contributed by atoms with Crippen LogP contribution < -0.4 is 0 Å². The van der Waals surface area contributed by atoms with Crippen LogP contribution in [0.5, 0.6) is 0 Å². The zero-order valence-corrected chi connectivity index (χ0v) is 15.3. The van der Waals surface area contributed by atoms with E-state index >= 15 is 0 Å². The van der Waals surface area contributed by atoms with Crippen LogP contribution >= 0.6 is 0 Å². The smallest absolute Gasteiger partial charge is 0.339 e. The number of hydrogen-bond donors (Lipinski definition) is 1. The van der Waals surface area contributed by atoms with E-state index in [1.807, 2.05) is 11.6 Å². The number of aryl methyl sites for hydroxylation is 3. The Morgan fingerprint density at radius 2 is 1.85 bits per heavy atom. The highest BCUT2D eigenvalue weighted by atomic mass is 16.4. The van der Waals surface area contributed by atoms with Crippen molar-refractivity contribution in [1.29, 1.82) is 0 Å². The molecule has 1 aliphatic rings. The number of carbonyl (C=O) groups excluding carboxylic acids is 1. The van der Waals surface area contributed by atoms with Crippen LogP contribution in [0.2, 0.25) is 0 Å². The van der Waals surface area contributed by atoms with Crippen LogP contribution in [0.25, 0.3) is 0 Å². The van der Waals surface area contributed by atoms with Gasteiger partial charge in [0.05, 0.1) is 5.69 Å². The molecule has 1 fully saturated rings. The zero-order valence-electron chi connectivity index (χ0n) is 15.3. The molecular weight excluding hydrogens is 336 g/mol. The molecule has 0 unspecified atom stereocenters. The Morgan fingerprint density at radius 1 is 1.15 bits per heavy atom. The van der Waals surface area contributed by atoms with Gasteiger partial charge in [0.15, 0.2) is 5.69 Å². The van der Waals surface area contributed by atoms with Gasteiger partial charge in [-0.05, 0) is 13.8 Å². The standard InChI is InChI=1S/C17H24N6O3/c1-4-23-10-13(12(2)18-23)9-21-5-7-22(8-6-21)16(24)15-14(17(25)26)11-20(3)19-15/h10-11H,4-9H2,1-3H3,(H,25,26). The molecule has 1 saturated heterocycles. The van der Waals surface area contributed by atoms with E-state index in [4.69, 9.17) is 0 Å². The van der Waals surface area contributed by atoms with Gasteiger partial charge in [-0.2, -0.15) is 10.2 Å². The molecule has 0 aliphatic carbocycles. The minimum atomic E-state index is -1.14. The van der Waals surface area contributed by atoms with E-state index in [1.54, 1.807) is 11.9 Å². The van der Waals surface area contributed by atoms with Gasteiger partial charge in [-0.3, -0.25) is 19.1 Å². The number of piperazine rings is 1. The lowest BCUT2D eigenvalue weighted by Gasteiger charge is -2.34. The van der Waals surface area contributed by atoms with Crippen LogP contribution in [0.4, 0.5) is 0 Å². The third kappa shape index (κ3) is 3.62. The Balaban J connectivity index is 1.62. The summed E-state index contributed by atoms with van der Waals surface area (Å²) < 4.78 is 3.29. The fourth-order valence-corrected chi connectivity index (χ4v) is 3.18. The molecule has 0 bridgehead atoms. The second-order valence-corrected chi connectivity index (χ2v) is 6.53. The number of carboxylic acid groups (broad SMARTS) is 1. The quantitative estimate of drug-likeness (QED) is 0.839. The summed E-state index contributed by atoms with van der Waals surface area (Å²) in [6.45, 7) is 8.29. The van der Waals surface area contributed by atoms with Crippen LogP contribution in [0.15, 0.2) is 12.4 Å². The van der Waals surface area contributed by atoms with Crippen molar-refractivity contribution in [3.05, 3.63) is 34.9 Å². The van der Waals surface area contributed by atoms with E-state index in [1.165, 1.54) is 16.4 Å². The molecule has 1 N–H and O–H groups in total. The van der Waals surface area contributed by atoms with Gasteiger partial charge in [-0.25, -0.2) is 4.79 Å². The second-order valence-electron chi connectivity index (χ2n) is 6.53. The van der Waals surface area contributed by atoms with Crippen molar-refractivity contribution in [2.75, 3.05) is 26.2 Å². The first-order valence-electron chi connectivity index (χ1n) is 8.70. The molecule has 1 aliphatic heterocycles. The van der Waals surface area contributed by atoms with Crippen molar-refractivity contribution in [3.8, 4) is 0 Å². The van der Waals surface area contributed by atoms with Crippen molar-refractivity contribution in [2.45, 2.75) is 26.9 Å². The maximum absolute atomic E-state index is 12.7. The molecular formula is C17H24N6O3. The molecule has 0 atom stereocenters. The summed E-state index contributed by atoms with van der Waals surface area (Å²) >= 11 is 0. The lowest BCUT2D eigenvalue weighted by Crippen LogP contribution is -2.48. The summed E-state index contributed by atoms with van der Waals surface area (Å²) in [6, 6.07) is 0. The van der Waals surface area contributed by atoms with Crippen LogP contribution in [-0.4, -0.2) is 72.5 Å². The van der Waals surface area contributed by atoms with Crippen molar-refractivity contribution in [2.24, 2.45) is 7.05 Å². The predicted molar refractivity (Wildman–Crippen MR) is 94.0 cm³/mol. The van der Waals surface area contributed by atoms with E-state index in [2.05, 4.69) is 28.2 Å². The lowest BCUT2D eigenvalue weighted by atomic mass is 10.2. The highest BCUT2D eigenvalue weighted by Crippen LogP contribution is 2.15. The van der Waals surface area contributed by atoms with Gasteiger partial charge in [0.2, 0.25) is 0 Å². The number of aromatic carboxylic acids is 1. The number of carboxylic acids is 1. The van der Waals surface area contributed by atoms with Crippen LogP contribution in [-0.2, 0) is 20.1 Å². The maximum atomic E-state index is 12.7. The zero-order chi connectivity index (χ0) is 18.8. The second kappa shape index (κ2) is 7.28. The number of carbonyl (C=O) groups is 2. The average molecular weight is 360 g/mol. The normalized spacial score (nSPS) is 15.4. The Bertz CT molecular complexity index is 817. The summed E-state index contributed by atoms with van der Waals surface area (Å²) in [5, 5.41) is 17.7. The minimum absolute atomic E-state index is 0.00789.